The second-order valence-corrected chi connectivity index (χ2v) is 6.02. The van der Waals surface area contributed by atoms with Crippen LogP contribution in [0, 0.1) is 17.6 Å². The fraction of sp³-hybridized carbons (Fsp3) is 0.389. The number of carbonyl (C=O) groups excluding carboxylic acids is 1. The molecule has 6 heteroatoms. The van der Waals surface area contributed by atoms with Crippen molar-refractivity contribution in [3.05, 3.63) is 53.4 Å². The SMILES string of the molecule is CCc1cnc(N2CCC[C@@H](C(=O)c3cc(F)ccc3F)C2)nc1. The van der Waals surface area contributed by atoms with E-state index in [4.69, 9.17) is 0 Å². The maximum absolute atomic E-state index is 13.9. The summed E-state index contributed by atoms with van der Waals surface area (Å²) in [5, 5.41) is 0. The van der Waals surface area contributed by atoms with E-state index in [0.29, 0.717) is 18.9 Å². The molecule has 1 aromatic heterocycles. The Bertz CT molecular complexity index is 734. The highest BCUT2D eigenvalue weighted by Crippen LogP contribution is 2.25. The number of halogens is 2. The van der Waals surface area contributed by atoms with E-state index in [1.165, 1.54) is 0 Å². The van der Waals surface area contributed by atoms with Crippen LogP contribution in [0.4, 0.5) is 14.7 Å². The van der Waals surface area contributed by atoms with Crippen LogP contribution in [0.15, 0.2) is 30.6 Å². The normalized spacial score (nSPS) is 17.8. The zero-order valence-electron chi connectivity index (χ0n) is 13.5. The quantitative estimate of drug-likeness (QED) is 0.806. The van der Waals surface area contributed by atoms with E-state index >= 15 is 0 Å². The number of aryl methyl sites for hydroxylation is 1. The van der Waals surface area contributed by atoms with Gasteiger partial charge in [0.2, 0.25) is 5.95 Å². The van der Waals surface area contributed by atoms with Crippen LogP contribution in [-0.2, 0) is 6.42 Å². The van der Waals surface area contributed by atoms with Crippen LogP contribution >= 0.6 is 0 Å². The molecule has 1 aliphatic rings. The zero-order valence-corrected chi connectivity index (χ0v) is 13.5. The van der Waals surface area contributed by atoms with Crippen LogP contribution in [-0.4, -0.2) is 28.8 Å². The lowest BCUT2D eigenvalue weighted by Gasteiger charge is -2.32. The van der Waals surface area contributed by atoms with Gasteiger partial charge in [0, 0.05) is 31.4 Å². The second kappa shape index (κ2) is 7.03. The molecule has 0 spiro atoms. The number of hydrogen-bond acceptors (Lipinski definition) is 4. The molecular weight excluding hydrogens is 312 g/mol. The monoisotopic (exact) mass is 331 g/mol. The molecule has 4 nitrogen and oxygen atoms in total. The van der Waals surface area contributed by atoms with Gasteiger partial charge in [0.25, 0.3) is 0 Å². The summed E-state index contributed by atoms with van der Waals surface area (Å²) in [6, 6.07) is 2.99. The number of piperidine rings is 1. The van der Waals surface area contributed by atoms with E-state index in [9.17, 15) is 13.6 Å². The van der Waals surface area contributed by atoms with Gasteiger partial charge < -0.3 is 4.90 Å². The number of carbonyl (C=O) groups is 1. The Hall–Kier alpha value is -2.37. The highest BCUT2D eigenvalue weighted by molar-refractivity contribution is 5.98. The Kier molecular flexibility index (Phi) is 4.83. The number of ketones is 1. The largest absolute Gasteiger partial charge is 0.340 e. The van der Waals surface area contributed by atoms with Gasteiger partial charge in [-0.1, -0.05) is 6.92 Å². The van der Waals surface area contributed by atoms with Gasteiger partial charge in [0.05, 0.1) is 5.56 Å². The molecule has 1 aromatic carbocycles. The van der Waals surface area contributed by atoms with Crippen molar-refractivity contribution in [3.8, 4) is 0 Å². The minimum Gasteiger partial charge on any atom is -0.340 e. The number of nitrogens with zero attached hydrogens (tertiary/aromatic N) is 3. The van der Waals surface area contributed by atoms with Crippen LogP contribution in [0.3, 0.4) is 0 Å². The second-order valence-electron chi connectivity index (χ2n) is 6.02. The third-order valence-corrected chi connectivity index (χ3v) is 4.37. The third-order valence-electron chi connectivity index (χ3n) is 4.37. The van der Waals surface area contributed by atoms with Crippen molar-refractivity contribution in [2.45, 2.75) is 26.2 Å². The number of hydrogen-bond donors (Lipinski definition) is 0. The number of Topliss-reactive ketones (excluding diaryl/α,β-unsaturated/α-hetero) is 1. The van der Waals surface area contributed by atoms with Crippen molar-refractivity contribution in [1.82, 2.24) is 9.97 Å². The van der Waals surface area contributed by atoms with E-state index in [0.717, 1.165) is 43.1 Å². The summed E-state index contributed by atoms with van der Waals surface area (Å²) in [5.41, 5.74) is 0.870. The molecule has 0 radical (unpaired) electrons. The van der Waals surface area contributed by atoms with Gasteiger partial charge in [-0.25, -0.2) is 18.7 Å². The molecule has 3 rings (SSSR count). The van der Waals surface area contributed by atoms with Crippen molar-refractivity contribution in [2.75, 3.05) is 18.0 Å². The molecule has 24 heavy (non-hydrogen) atoms. The van der Waals surface area contributed by atoms with Crippen LogP contribution in [0.1, 0.15) is 35.7 Å². The Morgan fingerprint density at radius 3 is 2.75 bits per heavy atom. The van der Waals surface area contributed by atoms with E-state index in [-0.39, 0.29) is 17.3 Å². The summed E-state index contributed by atoms with van der Waals surface area (Å²) in [4.78, 5) is 23.2. The van der Waals surface area contributed by atoms with Crippen molar-refractivity contribution in [1.29, 1.82) is 0 Å². The van der Waals surface area contributed by atoms with Gasteiger partial charge in [-0.05, 0) is 43.0 Å². The summed E-state index contributed by atoms with van der Waals surface area (Å²) in [6.07, 6.45) is 5.85. The lowest BCUT2D eigenvalue weighted by atomic mass is 9.90. The fourth-order valence-corrected chi connectivity index (χ4v) is 2.97. The molecule has 1 aliphatic heterocycles. The Balaban J connectivity index is 1.77. The molecule has 0 amide bonds. The first-order chi connectivity index (χ1) is 11.6. The standard InChI is InChI=1S/C18H19F2N3O/c1-2-12-9-21-18(22-10-12)23-7-3-4-13(11-23)17(24)15-8-14(19)5-6-16(15)20/h5-6,8-10,13H,2-4,7,11H2,1H3/t13-/m1/s1. The lowest BCUT2D eigenvalue weighted by molar-refractivity contribution is 0.0902. The van der Waals surface area contributed by atoms with Gasteiger partial charge in [-0.3, -0.25) is 4.79 Å². The number of anilines is 1. The lowest BCUT2D eigenvalue weighted by Crippen LogP contribution is -2.40. The van der Waals surface area contributed by atoms with Crippen molar-refractivity contribution in [3.63, 3.8) is 0 Å². The topological polar surface area (TPSA) is 46.1 Å². The van der Waals surface area contributed by atoms with Crippen LogP contribution in [0.25, 0.3) is 0 Å². The minimum atomic E-state index is -0.679. The van der Waals surface area contributed by atoms with Crippen molar-refractivity contribution >= 4 is 11.7 Å². The smallest absolute Gasteiger partial charge is 0.225 e. The maximum Gasteiger partial charge on any atom is 0.225 e. The summed E-state index contributed by atoms with van der Waals surface area (Å²) in [5.74, 6) is -1.45. The van der Waals surface area contributed by atoms with E-state index < -0.39 is 11.6 Å². The van der Waals surface area contributed by atoms with E-state index in [1.807, 2.05) is 11.8 Å². The molecule has 0 N–H and O–H groups in total. The molecule has 2 heterocycles. The van der Waals surface area contributed by atoms with Crippen molar-refractivity contribution < 1.29 is 13.6 Å². The van der Waals surface area contributed by atoms with E-state index in [2.05, 4.69) is 9.97 Å². The molecule has 0 aliphatic carbocycles. The van der Waals surface area contributed by atoms with Crippen molar-refractivity contribution in [2.24, 2.45) is 5.92 Å². The first-order valence-electron chi connectivity index (χ1n) is 8.13. The minimum absolute atomic E-state index is 0.177. The Morgan fingerprint density at radius 2 is 2.04 bits per heavy atom. The molecule has 1 saturated heterocycles. The first-order valence-corrected chi connectivity index (χ1v) is 8.13. The first kappa shape index (κ1) is 16.5. The van der Waals surface area contributed by atoms with Gasteiger partial charge in [-0.2, -0.15) is 0 Å². The average molecular weight is 331 g/mol. The molecule has 1 atom stereocenters. The number of rotatable bonds is 4. The van der Waals surface area contributed by atoms with Gasteiger partial charge in [0.1, 0.15) is 11.6 Å². The summed E-state index contributed by atoms with van der Waals surface area (Å²) in [6.45, 7) is 3.20. The van der Waals surface area contributed by atoms with Crippen LogP contribution < -0.4 is 4.90 Å². The molecule has 0 unspecified atom stereocenters. The summed E-state index contributed by atoms with van der Waals surface area (Å²) < 4.78 is 27.2. The Morgan fingerprint density at radius 1 is 1.29 bits per heavy atom. The summed E-state index contributed by atoms with van der Waals surface area (Å²) in [7, 11) is 0. The third kappa shape index (κ3) is 3.42. The molecular formula is C18H19F2N3O. The molecule has 1 fully saturated rings. The Labute approximate surface area is 139 Å². The summed E-state index contributed by atoms with van der Waals surface area (Å²) >= 11 is 0. The predicted molar refractivity (Wildman–Crippen MR) is 87.0 cm³/mol. The molecule has 0 saturated carbocycles. The highest BCUT2D eigenvalue weighted by atomic mass is 19.1. The average Bonchev–Trinajstić information content (AvgIpc) is 2.63. The predicted octanol–water partition coefficient (Wildman–Crippen LogP) is 3.42. The molecule has 2 aromatic rings. The van der Waals surface area contributed by atoms with Gasteiger partial charge in [-0.15, -0.1) is 0 Å². The number of aromatic nitrogens is 2. The molecule has 0 bridgehead atoms. The number of benzene rings is 1. The van der Waals surface area contributed by atoms with Gasteiger partial charge in [0.15, 0.2) is 5.78 Å². The fourth-order valence-electron chi connectivity index (χ4n) is 2.97. The van der Waals surface area contributed by atoms with Crippen LogP contribution in [0.2, 0.25) is 0 Å². The highest BCUT2D eigenvalue weighted by Gasteiger charge is 2.29. The molecule has 126 valence electrons. The zero-order chi connectivity index (χ0) is 17.1. The van der Waals surface area contributed by atoms with Gasteiger partial charge >= 0.3 is 0 Å². The van der Waals surface area contributed by atoms with Crippen LogP contribution in [0.5, 0.6) is 0 Å². The maximum atomic E-state index is 13.9. The van der Waals surface area contributed by atoms with E-state index in [1.54, 1.807) is 12.4 Å².